The van der Waals surface area contributed by atoms with Crippen LogP contribution in [0.25, 0.3) is 0 Å². The Hall–Kier alpha value is -2.73. The van der Waals surface area contributed by atoms with E-state index in [4.69, 9.17) is 4.74 Å². The van der Waals surface area contributed by atoms with Gasteiger partial charge in [-0.3, -0.25) is 9.59 Å². The van der Waals surface area contributed by atoms with Crippen LogP contribution in [0.5, 0.6) is 0 Å². The van der Waals surface area contributed by atoms with Crippen molar-refractivity contribution in [2.45, 2.75) is 6.10 Å². The molecule has 130 valence electrons. The SMILES string of the molecule is O=C(NCC(=O)N1CCO[C@@H](c2ccccc2)C1)c1ccccc1F. The number of carbonyl (C=O) groups excluding carboxylic acids is 2. The molecule has 2 aromatic rings. The van der Waals surface area contributed by atoms with Crippen LogP contribution in [0.15, 0.2) is 54.6 Å². The van der Waals surface area contributed by atoms with Gasteiger partial charge >= 0.3 is 0 Å². The lowest BCUT2D eigenvalue weighted by molar-refractivity contribution is -0.137. The zero-order chi connectivity index (χ0) is 17.6. The van der Waals surface area contributed by atoms with Crippen molar-refractivity contribution in [3.63, 3.8) is 0 Å². The molecule has 0 bridgehead atoms. The summed E-state index contributed by atoms with van der Waals surface area (Å²) in [6.07, 6.45) is -0.179. The zero-order valence-electron chi connectivity index (χ0n) is 13.7. The molecule has 1 aliphatic rings. The third-order valence-electron chi connectivity index (χ3n) is 4.11. The summed E-state index contributed by atoms with van der Waals surface area (Å²) < 4.78 is 19.3. The van der Waals surface area contributed by atoms with E-state index in [0.717, 1.165) is 5.56 Å². The van der Waals surface area contributed by atoms with E-state index in [1.807, 2.05) is 30.3 Å². The minimum Gasteiger partial charge on any atom is -0.370 e. The van der Waals surface area contributed by atoms with Gasteiger partial charge in [-0.15, -0.1) is 0 Å². The van der Waals surface area contributed by atoms with E-state index >= 15 is 0 Å². The molecule has 1 heterocycles. The Morgan fingerprint density at radius 3 is 2.60 bits per heavy atom. The highest BCUT2D eigenvalue weighted by atomic mass is 19.1. The molecule has 1 aliphatic heterocycles. The second-order valence-electron chi connectivity index (χ2n) is 5.77. The second kappa shape index (κ2) is 7.90. The van der Waals surface area contributed by atoms with Gasteiger partial charge in [-0.25, -0.2) is 4.39 Å². The first-order chi connectivity index (χ1) is 12.1. The number of nitrogens with zero attached hydrogens (tertiary/aromatic N) is 1. The second-order valence-corrected chi connectivity index (χ2v) is 5.77. The number of benzene rings is 2. The maximum Gasteiger partial charge on any atom is 0.254 e. The zero-order valence-corrected chi connectivity index (χ0v) is 13.7. The molecule has 3 rings (SSSR count). The molecule has 1 fully saturated rings. The van der Waals surface area contributed by atoms with Crippen LogP contribution in [0.2, 0.25) is 0 Å². The first-order valence-corrected chi connectivity index (χ1v) is 8.12. The van der Waals surface area contributed by atoms with Gasteiger partial charge in [0.25, 0.3) is 5.91 Å². The standard InChI is InChI=1S/C19H19FN2O3/c20-16-9-5-4-8-15(16)19(24)21-12-18(23)22-10-11-25-17(13-22)14-6-2-1-3-7-14/h1-9,17H,10-13H2,(H,21,24)/t17-/m1/s1. The summed E-state index contributed by atoms with van der Waals surface area (Å²) in [6.45, 7) is 1.16. The van der Waals surface area contributed by atoms with Gasteiger partial charge in [-0.2, -0.15) is 0 Å². The van der Waals surface area contributed by atoms with Crippen molar-refractivity contribution < 1.29 is 18.7 Å². The monoisotopic (exact) mass is 342 g/mol. The van der Waals surface area contributed by atoms with Crippen LogP contribution >= 0.6 is 0 Å². The first kappa shape index (κ1) is 17.1. The normalized spacial score (nSPS) is 17.2. The fraction of sp³-hybridized carbons (Fsp3) is 0.263. The van der Waals surface area contributed by atoms with Crippen molar-refractivity contribution in [1.29, 1.82) is 0 Å². The van der Waals surface area contributed by atoms with Crippen molar-refractivity contribution in [1.82, 2.24) is 10.2 Å². The molecule has 5 nitrogen and oxygen atoms in total. The highest BCUT2D eigenvalue weighted by molar-refractivity contribution is 5.96. The van der Waals surface area contributed by atoms with Crippen molar-refractivity contribution >= 4 is 11.8 Å². The van der Waals surface area contributed by atoms with Gasteiger partial charge in [0.05, 0.1) is 25.3 Å². The van der Waals surface area contributed by atoms with E-state index < -0.39 is 11.7 Å². The Morgan fingerprint density at radius 1 is 1.12 bits per heavy atom. The molecule has 1 atom stereocenters. The number of hydrogen-bond acceptors (Lipinski definition) is 3. The smallest absolute Gasteiger partial charge is 0.254 e. The van der Waals surface area contributed by atoms with Gasteiger partial charge in [-0.1, -0.05) is 42.5 Å². The van der Waals surface area contributed by atoms with E-state index in [1.54, 1.807) is 11.0 Å². The minimum absolute atomic E-state index is 0.0700. The van der Waals surface area contributed by atoms with E-state index in [0.29, 0.717) is 19.7 Å². The minimum atomic E-state index is -0.608. The largest absolute Gasteiger partial charge is 0.370 e. The molecular weight excluding hydrogens is 323 g/mol. The Labute approximate surface area is 145 Å². The summed E-state index contributed by atoms with van der Waals surface area (Å²) in [5.41, 5.74) is 0.940. The van der Waals surface area contributed by atoms with Gasteiger partial charge in [0.15, 0.2) is 0 Å². The van der Waals surface area contributed by atoms with Crippen molar-refractivity contribution in [3.05, 3.63) is 71.5 Å². The molecule has 0 aromatic heterocycles. The van der Waals surface area contributed by atoms with Crippen LogP contribution in [-0.4, -0.2) is 43.0 Å². The lowest BCUT2D eigenvalue weighted by Gasteiger charge is -2.33. The molecule has 1 saturated heterocycles. The van der Waals surface area contributed by atoms with Crippen LogP contribution in [0.1, 0.15) is 22.0 Å². The van der Waals surface area contributed by atoms with Gasteiger partial charge in [0, 0.05) is 6.54 Å². The average Bonchev–Trinajstić information content (AvgIpc) is 2.67. The van der Waals surface area contributed by atoms with Crippen molar-refractivity contribution in [2.75, 3.05) is 26.2 Å². The van der Waals surface area contributed by atoms with Crippen molar-refractivity contribution in [3.8, 4) is 0 Å². The summed E-state index contributed by atoms with van der Waals surface area (Å²) in [6, 6.07) is 15.4. The van der Waals surface area contributed by atoms with Crippen molar-refractivity contribution in [2.24, 2.45) is 0 Å². The van der Waals surface area contributed by atoms with Gasteiger partial charge in [-0.05, 0) is 17.7 Å². The predicted octanol–water partition coefficient (Wildman–Crippen LogP) is 2.16. The highest BCUT2D eigenvalue weighted by Crippen LogP contribution is 2.21. The summed E-state index contributed by atoms with van der Waals surface area (Å²) in [5, 5.41) is 2.48. The Balaban J connectivity index is 1.56. The molecular formula is C19H19FN2O3. The third-order valence-corrected chi connectivity index (χ3v) is 4.11. The quantitative estimate of drug-likeness (QED) is 0.926. The maximum atomic E-state index is 13.6. The number of nitrogens with one attached hydrogen (secondary N) is 1. The van der Waals surface area contributed by atoms with E-state index in [-0.39, 0.29) is 24.1 Å². The number of carbonyl (C=O) groups is 2. The molecule has 0 saturated carbocycles. The fourth-order valence-electron chi connectivity index (χ4n) is 2.75. The fourth-order valence-corrected chi connectivity index (χ4v) is 2.75. The molecule has 0 unspecified atom stereocenters. The summed E-state index contributed by atoms with van der Waals surface area (Å²) in [7, 11) is 0. The Morgan fingerprint density at radius 2 is 1.84 bits per heavy atom. The highest BCUT2D eigenvalue weighted by Gasteiger charge is 2.25. The molecule has 25 heavy (non-hydrogen) atoms. The topological polar surface area (TPSA) is 58.6 Å². The number of hydrogen-bond donors (Lipinski definition) is 1. The van der Waals surface area contributed by atoms with Crippen LogP contribution < -0.4 is 5.32 Å². The number of morpholine rings is 1. The lowest BCUT2D eigenvalue weighted by Crippen LogP contribution is -2.46. The number of rotatable bonds is 4. The summed E-state index contributed by atoms with van der Waals surface area (Å²) >= 11 is 0. The van der Waals surface area contributed by atoms with Gasteiger partial charge in [0.1, 0.15) is 11.9 Å². The molecule has 0 spiro atoms. The van der Waals surface area contributed by atoms with E-state index in [9.17, 15) is 14.0 Å². The summed E-state index contributed by atoms with van der Waals surface area (Å²) in [5.74, 6) is -1.42. The van der Waals surface area contributed by atoms with Crippen LogP contribution in [0, 0.1) is 5.82 Å². The van der Waals surface area contributed by atoms with Crippen LogP contribution in [0.3, 0.4) is 0 Å². The Bertz CT molecular complexity index is 751. The third kappa shape index (κ3) is 4.22. The molecule has 1 N–H and O–H groups in total. The number of ether oxygens (including phenoxy) is 1. The lowest BCUT2D eigenvalue weighted by atomic mass is 10.1. The molecule has 0 radical (unpaired) electrons. The number of amides is 2. The first-order valence-electron chi connectivity index (χ1n) is 8.12. The Kier molecular flexibility index (Phi) is 5.40. The van der Waals surface area contributed by atoms with Gasteiger partial charge in [0.2, 0.25) is 5.91 Å². The van der Waals surface area contributed by atoms with E-state index in [2.05, 4.69) is 5.32 Å². The van der Waals surface area contributed by atoms with Crippen LogP contribution in [0.4, 0.5) is 4.39 Å². The average molecular weight is 342 g/mol. The predicted molar refractivity (Wildman–Crippen MR) is 90.4 cm³/mol. The van der Waals surface area contributed by atoms with Gasteiger partial charge < -0.3 is 15.0 Å². The van der Waals surface area contributed by atoms with Crippen LogP contribution in [-0.2, 0) is 9.53 Å². The maximum absolute atomic E-state index is 13.6. The van der Waals surface area contributed by atoms with E-state index in [1.165, 1.54) is 18.2 Å². The number of halogens is 1. The molecule has 2 amide bonds. The molecule has 0 aliphatic carbocycles. The summed E-state index contributed by atoms with van der Waals surface area (Å²) in [4.78, 5) is 26.0. The molecule has 2 aromatic carbocycles. The molecule has 6 heteroatoms.